The van der Waals surface area contributed by atoms with E-state index in [0.717, 1.165) is 27.6 Å². The number of carbonyl (C=O) groups excluding carboxylic acids is 3. The molecule has 9 heteroatoms. The summed E-state index contributed by atoms with van der Waals surface area (Å²) in [5.41, 5.74) is 1.86. The Morgan fingerprint density at radius 2 is 2.13 bits per heavy atom. The molecule has 0 unspecified atom stereocenters. The van der Waals surface area contributed by atoms with Crippen molar-refractivity contribution in [3.05, 3.63) is 69.5 Å². The molecule has 1 aliphatic rings. The minimum atomic E-state index is -0.433. The highest BCUT2D eigenvalue weighted by atomic mass is 35.5. The molecule has 4 rings (SSSR count). The number of para-hydroxylation sites is 1. The summed E-state index contributed by atoms with van der Waals surface area (Å²) >= 11 is 6.99. The molecule has 1 aliphatic heterocycles. The molecule has 0 aliphatic carbocycles. The number of thioether (sulfide) groups is 1. The van der Waals surface area contributed by atoms with Crippen LogP contribution in [-0.2, 0) is 4.79 Å². The van der Waals surface area contributed by atoms with Gasteiger partial charge < -0.3 is 9.73 Å². The van der Waals surface area contributed by atoms with Crippen LogP contribution in [0.2, 0.25) is 5.02 Å². The molecule has 3 heterocycles. The Morgan fingerprint density at radius 1 is 1.30 bits per heavy atom. The number of imide groups is 1. The number of aromatic nitrogens is 1. The number of nitrogens with zero attached hydrogens (tertiary/aromatic N) is 2. The summed E-state index contributed by atoms with van der Waals surface area (Å²) in [5, 5.41) is 3.50. The highest BCUT2D eigenvalue weighted by Crippen LogP contribution is 2.32. The molecule has 0 atom stereocenters. The second kappa shape index (κ2) is 8.33. The Morgan fingerprint density at radius 3 is 2.87 bits per heavy atom. The topological polar surface area (TPSA) is 92.5 Å². The van der Waals surface area contributed by atoms with Gasteiger partial charge in [0.05, 0.1) is 9.93 Å². The Balaban J connectivity index is 1.41. The van der Waals surface area contributed by atoms with E-state index in [2.05, 4.69) is 10.3 Å². The second-order valence-electron chi connectivity index (χ2n) is 6.55. The Kier molecular flexibility index (Phi) is 5.61. The first-order valence-corrected chi connectivity index (χ1v) is 10.3. The number of amides is 3. The van der Waals surface area contributed by atoms with Gasteiger partial charge in [0, 0.05) is 36.4 Å². The van der Waals surface area contributed by atoms with Gasteiger partial charge in [0.25, 0.3) is 17.1 Å². The molecule has 3 amide bonds. The first-order chi connectivity index (χ1) is 14.5. The summed E-state index contributed by atoms with van der Waals surface area (Å²) in [6.07, 6.45) is 4.86. The molecule has 1 aromatic carbocycles. The minimum Gasteiger partial charge on any atom is -0.449 e. The third-order valence-corrected chi connectivity index (χ3v) is 5.80. The molecule has 7 nitrogen and oxygen atoms in total. The number of aryl methyl sites for hydroxylation is 1. The number of nitrogens with one attached hydrogen (secondary N) is 1. The lowest BCUT2D eigenvalue weighted by atomic mass is 10.1. The summed E-state index contributed by atoms with van der Waals surface area (Å²) in [7, 11) is 0. The highest BCUT2D eigenvalue weighted by molar-refractivity contribution is 8.18. The molecule has 1 saturated heterocycles. The number of hydrogen-bond donors (Lipinski definition) is 1. The van der Waals surface area contributed by atoms with Crippen LogP contribution in [0.4, 0.5) is 4.79 Å². The van der Waals surface area contributed by atoms with Crippen LogP contribution in [0, 0.1) is 6.92 Å². The highest BCUT2D eigenvalue weighted by Gasteiger charge is 2.34. The zero-order valence-electron chi connectivity index (χ0n) is 15.8. The van der Waals surface area contributed by atoms with Gasteiger partial charge in [-0.25, -0.2) is 0 Å². The van der Waals surface area contributed by atoms with Crippen LogP contribution in [0.25, 0.3) is 17.0 Å². The van der Waals surface area contributed by atoms with E-state index in [4.69, 9.17) is 16.0 Å². The third kappa shape index (κ3) is 3.83. The number of furan rings is 1. The van der Waals surface area contributed by atoms with Gasteiger partial charge in [-0.3, -0.25) is 24.3 Å². The van der Waals surface area contributed by atoms with Crippen molar-refractivity contribution in [3.8, 4) is 0 Å². The number of halogens is 1. The van der Waals surface area contributed by atoms with Crippen LogP contribution < -0.4 is 5.32 Å². The average Bonchev–Trinajstić information content (AvgIpc) is 3.21. The number of pyridine rings is 1. The summed E-state index contributed by atoms with van der Waals surface area (Å²) in [6, 6.07) is 8.84. The van der Waals surface area contributed by atoms with Gasteiger partial charge in [0.2, 0.25) is 0 Å². The molecule has 0 spiro atoms. The lowest BCUT2D eigenvalue weighted by molar-refractivity contribution is -0.122. The van der Waals surface area contributed by atoms with Crippen LogP contribution >= 0.6 is 23.4 Å². The number of hydrogen-bond acceptors (Lipinski definition) is 6. The second-order valence-corrected chi connectivity index (χ2v) is 7.95. The van der Waals surface area contributed by atoms with Crippen molar-refractivity contribution in [2.45, 2.75) is 6.92 Å². The van der Waals surface area contributed by atoms with Crippen molar-refractivity contribution in [1.29, 1.82) is 0 Å². The molecule has 152 valence electrons. The van der Waals surface area contributed by atoms with Crippen molar-refractivity contribution in [2.24, 2.45) is 0 Å². The maximum absolute atomic E-state index is 12.5. The molecule has 2 aromatic heterocycles. The monoisotopic (exact) mass is 441 g/mol. The average molecular weight is 442 g/mol. The molecular weight excluding hydrogens is 426 g/mol. The van der Waals surface area contributed by atoms with Gasteiger partial charge in [0.1, 0.15) is 0 Å². The SMILES string of the molecule is Cc1c(C(=O)NCCN2C(=O)S/C(=C/c3cccnc3)C2=O)oc2c(Cl)cccc12. The number of rotatable bonds is 5. The van der Waals surface area contributed by atoms with Gasteiger partial charge >= 0.3 is 0 Å². The largest absolute Gasteiger partial charge is 0.449 e. The maximum Gasteiger partial charge on any atom is 0.293 e. The minimum absolute atomic E-state index is 0.0564. The number of fused-ring (bicyclic) bond motifs is 1. The molecule has 0 bridgehead atoms. The van der Waals surface area contributed by atoms with Gasteiger partial charge in [-0.1, -0.05) is 29.8 Å². The smallest absolute Gasteiger partial charge is 0.293 e. The van der Waals surface area contributed by atoms with Crippen LogP contribution in [-0.4, -0.2) is 40.0 Å². The summed E-state index contributed by atoms with van der Waals surface area (Å²) in [5.74, 6) is -0.670. The zero-order chi connectivity index (χ0) is 21.3. The van der Waals surface area contributed by atoms with Gasteiger partial charge in [-0.05, 0) is 42.5 Å². The molecular formula is C21H16ClN3O4S. The van der Waals surface area contributed by atoms with Crippen molar-refractivity contribution >= 4 is 57.5 Å². The molecule has 0 saturated carbocycles. The number of carbonyl (C=O) groups is 3. The fraction of sp³-hybridized carbons (Fsp3) is 0.143. The van der Waals surface area contributed by atoms with E-state index in [-0.39, 0.29) is 24.1 Å². The first-order valence-electron chi connectivity index (χ1n) is 9.07. The van der Waals surface area contributed by atoms with E-state index >= 15 is 0 Å². The first kappa shape index (κ1) is 20.2. The van der Waals surface area contributed by atoms with Crippen LogP contribution in [0.5, 0.6) is 0 Å². The van der Waals surface area contributed by atoms with Crippen LogP contribution in [0.1, 0.15) is 21.7 Å². The molecule has 30 heavy (non-hydrogen) atoms. The fourth-order valence-corrected chi connectivity index (χ4v) is 4.17. The van der Waals surface area contributed by atoms with Crippen LogP contribution in [0.15, 0.2) is 52.0 Å². The van der Waals surface area contributed by atoms with E-state index in [1.807, 2.05) is 6.07 Å². The fourth-order valence-electron chi connectivity index (χ4n) is 3.09. The quantitative estimate of drug-likeness (QED) is 0.595. The molecule has 3 aromatic rings. The van der Waals surface area contributed by atoms with E-state index in [9.17, 15) is 14.4 Å². The Labute approximate surface area is 181 Å². The van der Waals surface area contributed by atoms with Gasteiger partial charge in [-0.2, -0.15) is 0 Å². The predicted molar refractivity (Wildman–Crippen MR) is 115 cm³/mol. The third-order valence-electron chi connectivity index (χ3n) is 4.60. The van der Waals surface area contributed by atoms with E-state index in [1.165, 1.54) is 0 Å². The summed E-state index contributed by atoms with van der Waals surface area (Å²) in [6.45, 7) is 1.93. The normalized spacial score (nSPS) is 15.4. The van der Waals surface area contributed by atoms with Crippen molar-refractivity contribution in [3.63, 3.8) is 0 Å². The predicted octanol–water partition coefficient (Wildman–Crippen LogP) is 4.26. The standard InChI is InChI=1S/C21H16ClN3O4S/c1-12-14-5-2-6-15(22)18(14)29-17(12)19(26)24-8-9-25-20(27)16(30-21(25)28)10-13-4-3-7-23-11-13/h2-7,10-11H,8-9H2,1H3,(H,24,26)/b16-10+. The van der Waals surface area contributed by atoms with Crippen LogP contribution in [0.3, 0.4) is 0 Å². The summed E-state index contributed by atoms with van der Waals surface area (Å²) < 4.78 is 5.63. The van der Waals surface area contributed by atoms with Crippen molar-refractivity contribution < 1.29 is 18.8 Å². The molecule has 1 fully saturated rings. The van der Waals surface area contributed by atoms with Crippen molar-refractivity contribution in [1.82, 2.24) is 15.2 Å². The summed E-state index contributed by atoms with van der Waals surface area (Å²) in [4.78, 5) is 42.7. The Bertz CT molecular complexity index is 1190. The van der Waals surface area contributed by atoms with Gasteiger partial charge in [0.15, 0.2) is 11.3 Å². The van der Waals surface area contributed by atoms with Crippen molar-refractivity contribution in [2.75, 3.05) is 13.1 Å². The van der Waals surface area contributed by atoms with E-state index < -0.39 is 11.8 Å². The molecule has 0 radical (unpaired) electrons. The van der Waals surface area contributed by atoms with E-state index in [0.29, 0.717) is 21.1 Å². The Hall–Kier alpha value is -3.10. The molecule has 1 N–H and O–H groups in total. The lowest BCUT2D eigenvalue weighted by Gasteiger charge is -2.12. The maximum atomic E-state index is 12.5. The zero-order valence-corrected chi connectivity index (χ0v) is 17.4. The number of benzene rings is 1. The lowest BCUT2D eigenvalue weighted by Crippen LogP contribution is -2.37. The van der Waals surface area contributed by atoms with Gasteiger partial charge in [-0.15, -0.1) is 0 Å². The van der Waals surface area contributed by atoms with E-state index in [1.54, 1.807) is 49.7 Å².